The molecule has 1 unspecified atom stereocenters. The summed E-state index contributed by atoms with van der Waals surface area (Å²) >= 11 is 4.23. The van der Waals surface area contributed by atoms with Gasteiger partial charge in [0.2, 0.25) is 0 Å². The standard InChI is InChI=1S/C16H34S.C3H8O2/c1-2-3-4-5-6-7-8-9-10-11-12-13-14-15-16-17;1-3(5)2-4/h17H,2-16H2,1H3;3-5H,2H2,1H3. The van der Waals surface area contributed by atoms with Crippen molar-refractivity contribution in [2.45, 2.75) is 110 Å². The summed E-state index contributed by atoms with van der Waals surface area (Å²) in [5.41, 5.74) is 0. The van der Waals surface area contributed by atoms with Crippen LogP contribution in [0.5, 0.6) is 0 Å². The van der Waals surface area contributed by atoms with E-state index in [1.54, 1.807) is 0 Å². The van der Waals surface area contributed by atoms with E-state index in [0.717, 1.165) is 5.75 Å². The van der Waals surface area contributed by atoms with Crippen molar-refractivity contribution in [3.8, 4) is 0 Å². The summed E-state index contributed by atoms with van der Waals surface area (Å²) < 4.78 is 0. The molecule has 0 aromatic heterocycles. The van der Waals surface area contributed by atoms with Gasteiger partial charge in [-0.1, -0.05) is 90.4 Å². The Hall–Kier alpha value is 0.270. The van der Waals surface area contributed by atoms with E-state index >= 15 is 0 Å². The molecule has 0 aliphatic rings. The van der Waals surface area contributed by atoms with Gasteiger partial charge >= 0.3 is 0 Å². The van der Waals surface area contributed by atoms with Crippen LogP contribution >= 0.6 is 12.6 Å². The summed E-state index contributed by atoms with van der Waals surface area (Å²) in [5, 5.41) is 16.0. The van der Waals surface area contributed by atoms with Crippen molar-refractivity contribution < 1.29 is 10.2 Å². The molecule has 0 aromatic rings. The Bertz CT molecular complexity index is 161. The highest BCUT2D eigenvalue weighted by Crippen LogP contribution is 2.12. The predicted octanol–water partition coefficient (Wildman–Crippen LogP) is 5.76. The molecule has 0 rings (SSSR count). The maximum atomic E-state index is 8.11. The van der Waals surface area contributed by atoms with Gasteiger partial charge in [0.25, 0.3) is 0 Å². The van der Waals surface area contributed by atoms with E-state index in [1.165, 1.54) is 96.8 Å². The number of aliphatic hydroxyl groups excluding tert-OH is 2. The molecule has 0 saturated carbocycles. The summed E-state index contributed by atoms with van der Waals surface area (Å²) in [6.07, 6.45) is 19.6. The molecule has 0 amide bonds. The molecule has 2 nitrogen and oxygen atoms in total. The van der Waals surface area contributed by atoms with Crippen LogP contribution in [0.1, 0.15) is 104 Å². The zero-order chi connectivity index (χ0) is 16.9. The first-order valence-corrected chi connectivity index (χ1v) is 10.2. The molecule has 0 fully saturated rings. The average Bonchev–Trinajstić information content (AvgIpc) is 2.52. The van der Waals surface area contributed by atoms with E-state index in [0.29, 0.717) is 0 Å². The summed E-state index contributed by atoms with van der Waals surface area (Å²) in [5.74, 6) is 1.07. The van der Waals surface area contributed by atoms with Crippen molar-refractivity contribution in [3.63, 3.8) is 0 Å². The minimum absolute atomic E-state index is 0.139. The number of rotatable bonds is 15. The second kappa shape index (κ2) is 23.5. The lowest BCUT2D eigenvalue weighted by atomic mass is 10.0. The van der Waals surface area contributed by atoms with Crippen LogP contribution in [0.2, 0.25) is 0 Å². The third-order valence-corrected chi connectivity index (χ3v) is 4.09. The molecule has 0 saturated heterocycles. The maximum Gasteiger partial charge on any atom is 0.0742 e. The molecule has 22 heavy (non-hydrogen) atoms. The minimum Gasteiger partial charge on any atom is -0.394 e. The fourth-order valence-corrected chi connectivity index (χ4v) is 2.53. The Balaban J connectivity index is 0. The van der Waals surface area contributed by atoms with E-state index in [1.807, 2.05) is 0 Å². The minimum atomic E-state index is -0.560. The van der Waals surface area contributed by atoms with E-state index < -0.39 is 6.10 Å². The lowest BCUT2D eigenvalue weighted by Crippen LogP contribution is -2.03. The molecular formula is C19H42O2S. The first kappa shape index (κ1) is 24.5. The fraction of sp³-hybridized carbons (Fsp3) is 1.00. The molecule has 0 spiro atoms. The summed E-state index contributed by atoms with van der Waals surface area (Å²) in [6, 6.07) is 0. The molecular weight excluding hydrogens is 292 g/mol. The highest BCUT2D eigenvalue weighted by Gasteiger charge is 1.93. The van der Waals surface area contributed by atoms with Gasteiger partial charge in [-0.2, -0.15) is 12.6 Å². The van der Waals surface area contributed by atoms with Crippen LogP contribution in [0.15, 0.2) is 0 Å². The Morgan fingerprint density at radius 2 is 0.955 bits per heavy atom. The van der Waals surface area contributed by atoms with E-state index in [9.17, 15) is 0 Å². The van der Waals surface area contributed by atoms with Crippen molar-refractivity contribution in [2.24, 2.45) is 0 Å². The van der Waals surface area contributed by atoms with Crippen molar-refractivity contribution >= 4 is 12.6 Å². The smallest absolute Gasteiger partial charge is 0.0742 e. The van der Waals surface area contributed by atoms with Gasteiger partial charge in [-0.25, -0.2) is 0 Å². The molecule has 0 aromatic carbocycles. The van der Waals surface area contributed by atoms with Crippen molar-refractivity contribution in [1.82, 2.24) is 0 Å². The van der Waals surface area contributed by atoms with Crippen LogP contribution in [-0.2, 0) is 0 Å². The Kier molecular flexibility index (Phi) is 26.2. The summed E-state index contributed by atoms with van der Waals surface area (Å²) in [6.45, 7) is 3.68. The maximum absolute atomic E-state index is 8.11. The molecule has 136 valence electrons. The SMILES string of the molecule is CC(O)CO.CCCCCCCCCCCCCCCCS. The highest BCUT2D eigenvalue weighted by atomic mass is 32.1. The third-order valence-electron chi connectivity index (χ3n) is 3.78. The Labute approximate surface area is 145 Å². The van der Waals surface area contributed by atoms with Gasteiger partial charge in [0.15, 0.2) is 0 Å². The zero-order valence-corrected chi connectivity index (χ0v) is 16.1. The number of hydrogen-bond acceptors (Lipinski definition) is 3. The largest absolute Gasteiger partial charge is 0.394 e. The first-order valence-electron chi connectivity index (χ1n) is 9.58. The monoisotopic (exact) mass is 334 g/mol. The van der Waals surface area contributed by atoms with Crippen molar-refractivity contribution in [3.05, 3.63) is 0 Å². The van der Waals surface area contributed by atoms with Gasteiger partial charge in [0, 0.05) is 0 Å². The van der Waals surface area contributed by atoms with Crippen molar-refractivity contribution in [2.75, 3.05) is 12.4 Å². The molecule has 2 N–H and O–H groups in total. The molecule has 0 bridgehead atoms. The van der Waals surface area contributed by atoms with Gasteiger partial charge in [0.05, 0.1) is 12.7 Å². The van der Waals surface area contributed by atoms with Gasteiger partial charge in [-0.15, -0.1) is 0 Å². The Morgan fingerprint density at radius 1 is 0.682 bits per heavy atom. The predicted molar refractivity (Wildman–Crippen MR) is 103 cm³/mol. The Morgan fingerprint density at radius 3 is 1.18 bits per heavy atom. The molecule has 0 heterocycles. The number of aliphatic hydroxyl groups is 2. The highest BCUT2D eigenvalue weighted by molar-refractivity contribution is 7.80. The van der Waals surface area contributed by atoms with E-state index in [2.05, 4.69) is 19.6 Å². The topological polar surface area (TPSA) is 40.5 Å². The quantitative estimate of drug-likeness (QED) is 0.263. The summed E-state index contributed by atoms with van der Waals surface area (Å²) in [4.78, 5) is 0. The summed E-state index contributed by atoms with van der Waals surface area (Å²) in [7, 11) is 0. The first-order chi connectivity index (χ1) is 10.7. The van der Waals surface area contributed by atoms with Gasteiger partial charge < -0.3 is 10.2 Å². The van der Waals surface area contributed by atoms with Gasteiger partial charge in [-0.3, -0.25) is 0 Å². The number of unbranched alkanes of at least 4 members (excludes halogenated alkanes) is 13. The molecule has 3 heteroatoms. The second-order valence-corrected chi connectivity index (χ2v) is 6.80. The van der Waals surface area contributed by atoms with Crippen molar-refractivity contribution in [1.29, 1.82) is 0 Å². The van der Waals surface area contributed by atoms with E-state index in [-0.39, 0.29) is 6.61 Å². The van der Waals surface area contributed by atoms with E-state index in [4.69, 9.17) is 10.2 Å². The van der Waals surface area contributed by atoms with Gasteiger partial charge in [0.1, 0.15) is 0 Å². The second-order valence-electron chi connectivity index (χ2n) is 6.35. The molecule has 1 atom stereocenters. The molecule has 0 aliphatic carbocycles. The molecule has 0 radical (unpaired) electrons. The number of hydrogen-bond donors (Lipinski definition) is 3. The third kappa shape index (κ3) is 28.4. The van der Waals surface area contributed by atoms with Crippen LogP contribution in [-0.4, -0.2) is 28.7 Å². The number of thiol groups is 1. The molecule has 0 aliphatic heterocycles. The van der Waals surface area contributed by atoms with Gasteiger partial charge in [-0.05, 0) is 19.1 Å². The van der Waals surface area contributed by atoms with Crippen LogP contribution in [0.4, 0.5) is 0 Å². The fourth-order valence-electron chi connectivity index (χ4n) is 2.31. The lowest BCUT2D eigenvalue weighted by molar-refractivity contribution is 0.110. The van der Waals surface area contributed by atoms with Crippen LogP contribution in [0.25, 0.3) is 0 Å². The zero-order valence-electron chi connectivity index (χ0n) is 15.2. The van der Waals surface area contributed by atoms with Crippen LogP contribution < -0.4 is 0 Å². The average molecular weight is 335 g/mol. The normalized spacial score (nSPS) is 11.9. The van der Waals surface area contributed by atoms with Crippen LogP contribution in [0.3, 0.4) is 0 Å². The lowest BCUT2D eigenvalue weighted by Gasteiger charge is -2.02. The van der Waals surface area contributed by atoms with Crippen LogP contribution in [0, 0.1) is 0 Å².